The second-order valence-corrected chi connectivity index (χ2v) is 8.83. The molecule has 0 atom stereocenters. The molecule has 0 amide bonds. The van der Waals surface area contributed by atoms with Crippen LogP contribution in [0.4, 0.5) is 0 Å². The number of hydrogen-bond acceptors (Lipinski definition) is 4. The topological polar surface area (TPSA) is 57.5 Å². The average Bonchev–Trinajstić information content (AvgIpc) is 2.77. The van der Waals surface area contributed by atoms with E-state index in [1.807, 2.05) is 25.1 Å². The lowest BCUT2D eigenvalue weighted by Gasteiger charge is -2.49. The molecule has 0 unspecified atom stereocenters. The predicted octanol–water partition coefficient (Wildman–Crippen LogP) is 5.01. The Hall–Kier alpha value is -3.34. The maximum Gasteiger partial charge on any atom is 0.343 e. The molecule has 32 heavy (non-hydrogen) atoms. The summed E-state index contributed by atoms with van der Waals surface area (Å²) in [4.78, 5) is 25.2. The molecule has 5 nitrogen and oxygen atoms in total. The van der Waals surface area contributed by atoms with Crippen molar-refractivity contribution in [2.75, 3.05) is 6.61 Å². The number of hydrogen-bond donors (Lipinski definition) is 0. The summed E-state index contributed by atoms with van der Waals surface area (Å²) in [7, 11) is 0. The third-order valence-corrected chi connectivity index (χ3v) is 6.78. The molecule has 3 aromatic rings. The molecule has 2 aliphatic rings. The zero-order valence-corrected chi connectivity index (χ0v) is 18.5. The number of aromatic nitrogens is 1. The number of carbonyl (C=O) groups is 1. The molecule has 1 aliphatic carbocycles. The Kier molecular flexibility index (Phi) is 5.12. The van der Waals surface area contributed by atoms with E-state index in [-0.39, 0.29) is 23.1 Å². The fourth-order valence-electron chi connectivity index (χ4n) is 4.94. The molecule has 0 N–H and O–H groups in total. The minimum Gasteiger partial charge on any atom is -0.489 e. The summed E-state index contributed by atoms with van der Waals surface area (Å²) in [6, 6.07) is 16.0. The Morgan fingerprint density at radius 3 is 2.59 bits per heavy atom. The monoisotopic (exact) mass is 429 g/mol. The second kappa shape index (κ2) is 7.97. The van der Waals surface area contributed by atoms with E-state index in [0.717, 1.165) is 53.8 Å². The molecule has 2 heterocycles. The van der Waals surface area contributed by atoms with Gasteiger partial charge in [-0.2, -0.15) is 0 Å². The van der Waals surface area contributed by atoms with Gasteiger partial charge in [-0.25, -0.2) is 4.79 Å². The molecule has 0 saturated heterocycles. The van der Waals surface area contributed by atoms with Crippen LogP contribution in [-0.2, 0) is 23.3 Å². The summed E-state index contributed by atoms with van der Waals surface area (Å²) in [6.07, 6.45) is 5.78. The van der Waals surface area contributed by atoms with Gasteiger partial charge in [-0.1, -0.05) is 30.3 Å². The number of pyridine rings is 1. The van der Waals surface area contributed by atoms with Crippen LogP contribution in [0.15, 0.2) is 59.5 Å². The molecule has 5 heteroatoms. The first-order valence-corrected chi connectivity index (χ1v) is 11.3. The van der Waals surface area contributed by atoms with Gasteiger partial charge in [0.15, 0.2) is 5.43 Å². The van der Waals surface area contributed by atoms with Crippen molar-refractivity contribution in [2.45, 2.75) is 51.7 Å². The quantitative estimate of drug-likeness (QED) is 0.535. The molecular formula is C27H27NO4. The van der Waals surface area contributed by atoms with Crippen LogP contribution in [-0.4, -0.2) is 17.1 Å². The number of nitrogens with zero attached hydrogens (tertiary/aromatic N) is 1. The van der Waals surface area contributed by atoms with E-state index in [9.17, 15) is 9.59 Å². The van der Waals surface area contributed by atoms with Gasteiger partial charge < -0.3 is 14.0 Å². The van der Waals surface area contributed by atoms with Gasteiger partial charge in [0.2, 0.25) is 0 Å². The van der Waals surface area contributed by atoms with Gasteiger partial charge in [-0.15, -0.1) is 0 Å². The molecule has 2 aromatic carbocycles. The van der Waals surface area contributed by atoms with Crippen molar-refractivity contribution in [1.82, 2.24) is 4.57 Å². The lowest BCUT2D eigenvalue weighted by molar-refractivity contribution is 0.0521. The Bertz CT molecular complexity index is 1240. The zero-order valence-electron chi connectivity index (χ0n) is 18.5. The minimum atomic E-state index is -0.547. The highest BCUT2D eigenvalue weighted by atomic mass is 16.5. The third kappa shape index (κ3) is 3.42. The van der Waals surface area contributed by atoms with Crippen LogP contribution in [0.3, 0.4) is 0 Å². The van der Waals surface area contributed by atoms with Crippen molar-refractivity contribution in [2.24, 2.45) is 0 Å². The number of rotatable bonds is 5. The molecule has 1 aliphatic heterocycles. The summed E-state index contributed by atoms with van der Waals surface area (Å²) in [5.74, 6) is 0.329. The van der Waals surface area contributed by atoms with Crippen LogP contribution < -0.4 is 10.2 Å². The van der Waals surface area contributed by atoms with Crippen LogP contribution in [0.1, 0.15) is 53.2 Å². The van der Waals surface area contributed by atoms with E-state index in [1.165, 1.54) is 5.56 Å². The maximum absolute atomic E-state index is 12.8. The van der Waals surface area contributed by atoms with Gasteiger partial charge in [0.05, 0.1) is 12.3 Å². The Morgan fingerprint density at radius 1 is 1.12 bits per heavy atom. The van der Waals surface area contributed by atoms with Gasteiger partial charge >= 0.3 is 5.97 Å². The van der Waals surface area contributed by atoms with Crippen molar-refractivity contribution >= 4 is 5.97 Å². The minimum absolute atomic E-state index is 0.0940. The molecule has 1 saturated carbocycles. The number of aryl methyl sites for hydroxylation is 1. The van der Waals surface area contributed by atoms with Gasteiger partial charge in [0.25, 0.3) is 0 Å². The van der Waals surface area contributed by atoms with E-state index in [1.54, 1.807) is 19.2 Å². The van der Waals surface area contributed by atoms with Gasteiger partial charge in [0.1, 0.15) is 17.9 Å². The number of carbonyl (C=O) groups excluding carboxylic acids is 1. The third-order valence-electron chi connectivity index (χ3n) is 6.78. The van der Waals surface area contributed by atoms with Crippen LogP contribution in [0.25, 0.3) is 11.3 Å². The predicted molar refractivity (Wildman–Crippen MR) is 123 cm³/mol. The molecule has 1 fully saturated rings. The fourth-order valence-corrected chi connectivity index (χ4v) is 4.94. The molecule has 5 rings (SSSR count). The summed E-state index contributed by atoms with van der Waals surface area (Å²) in [5.41, 5.74) is 5.00. The molecule has 164 valence electrons. The summed E-state index contributed by atoms with van der Waals surface area (Å²) in [5, 5.41) is 0. The average molecular weight is 430 g/mol. The van der Waals surface area contributed by atoms with Gasteiger partial charge in [-0.05, 0) is 68.4 Å². The van der Waals surface area contributed by atoms with E-state index in [0.29, 0.717) is 6.61 Å². The molecule has 1 aromatic heterocycles. The Morgan fingerprint density at radius 2 is 1.91 bits per heavy atom. The number of esters is 1. The number of benzene rings is 2. The van der Waals surface area contributed by atoms with Crippen LogP contribution >= 0.6 is 0 Å². The van der Waals surface area contributed by atoms with Gasteiger partial charge in [-0.3, -0.25) is 4.79 Å². The number of fused-ring (bicyclic) bond motifs is 4. The first kappa shape index (κ1) is 20.6. The highest BCUT2D eigenvalue weighted by Gasteiger charge is 2.43. The molecular weight excluding hydrogens is 402 g/mol. The zero-order chi connectivity index (χ0) is 22.3. The van der Waals surface area contributed by atoms with Crippen LogP contribution in [0.2, 0.25) is 0 Å². The number of ether oxygens (including phenoxy) is 2. The standard InChI is InChI=1S/C27H27NO4/c1-3-31-26(30)22-16-28-23(14-24(22)29)21-12-18(2)25(32-17-19-8-5-4-6-9-19)13-20(21)15-27(28)10-7-11-27/h4-6,8-9,12-14,16H,3,7,10-11,15,17H2,1-2H3. The SMILES string of the molecule is CCOC(=O)c1cn2c(cc1=O)-c1cc(C)c(OCc3ccccc3)cc1CC21CCC1. The second-order valence-electron chi connectivity index (χ2n) is 8.83. The van der Waals surface area contributed by atoms with Crippen molar-refractivity contribution in [3.8, 4) is 17.0 Å². The van der Waals surface area contributed by atoms with Gasteiger partial charge in [0, 0.05) is 23.4 Å². The lowest BCUT2D eigenvalue weighted by atomic mass is 9.69. The first-order chi connectivity index (χ1) is 15.5. The van der Waals surface area contributed by atoms with E-state index in [4.69, 9.17) is 9.47 Å². The van der Waals surface area contributed by atoms with Crippen LogP contribution in [0, 0.1) is 6.92 Å². The summed E-state index contributed by atoms with van der Waals surface area (Å²) < 4.78 is 13.4. The Labute approximate surface area is 187 Å². The largest absolute Gasteiger partial charge is 0.489 e. The van der Waals surface area contributed by atoms with Crippen molar-refractivity contribution < 1.29 is 14.3 Å². The molecule has 0 bridgehead atoms. The highest BCUT2D eigenvalue weighted by Crippen LogP contribution is 2.49. The van der Waals surface area contributed by atoms with E-state index in [2.05, 4.69) is 28.8 Å². The maximum atomic E-state index is 12.8. The van der Waals surface area contributed by atoms with Crippen molar-refractivity contribution in [1.29, 1.82) is 0 Å². The van der Waals surface area contributed by atoms with Crippen LogP contribution in [0.5, 0.6) is 5.75 Å². The fraction of sp³-hybridized carbons (Fsp3) is 0.333. The van der Waals surface area contributed by atoms with E-state index >= 15 is 0 Å². The first-order valence-electron chi connectivity index (χ1n) is 11.3. The highest BCUT2D eigenvalue weighted by molar-refractivity contribution is 5.89. The Balaban J connectivity index is 1.56. The molecule has 0 radical (unpaired) electrons. The van der Waals surface area contributed by atoms with E-state index < -0.39 is 5.97 Å². The molecule has 1 spiro atoms. The summed E-state index contributed by atoms with van der Waals surface area (Å²) >= 11 is 0. The summed E-state index contributed by atoms with van der Waals surface area (Å²) in [6.45, 7) is 4.55. The smallest absolute Gasteiger partial charge is 0.343 e. The van der Waals surface area contributed by atoms with Crippen molar-refractivity contribution in [3.63, 3.8) is 0 Å². The normalized spacial score (nSPS) is 15.4. The lowest BCUT2D eigenvalue weighted by Crippen LogP contribution is -2.46. The van der Waals surface area contributed by atoms with Crippen molar-refractivity contribution in [3.05, 3.63) is 87.2 Å².